The van der Waals surface area contributed by atoms with Crippen LogP contribution in [0.4, 0.5) is 17.1 Å². The highest BCUT2D eigenvalue weighted by Crippen LogP contribution is 2.28. The average Bonchev–Trinajstić information content (AvgIpc) is 2.67. The highest BCUT2D eigenvalue weighted by molar-refractivity contribution is 6.31. The van der Waals surface area contributed by atoms with Crippen molar-refractivity contribution in [2.45, 2.75) is 26.9 Å². The Labute approximate surface area is 169 Å². The van der Waals surface area contributed by atoms with Gasteiger partial charge in [-0.2, -0.15) is 0 Å². The lowest BCUT2D eigenvalue weighted by molar-refractivity contribution is 0.102. The van der Waals surface area contributed by atoms with Crippen LogP contribution in [0.25, 0.3) is 0 Å². The summed E-state index contributed by atoms with van der Waals surface area (Å²) in [5.41, 5.74) is 3.43. The van der Waals surface area contributed by atoms with Gasteiger partial charge in [-0.3, -0.25) is 9.78 Å². The number of benzene rings is 2. The monoisotopic (exact) mass is 395 g/mol. The van der Waals surface area contributed by atoms with Crippen LogP contribution in [0.1, 0.15) is 29.8 Å². The molecule has 1 amide bonds. The van der Waals surface area contributed by atoms with E-state index in [0.29, 0.717) is 22.0 Å². The number of carbonyl (C=O) groups is 1. The van der Waals surface area contributed by atoms with Crippen molar-refractivity contribution in [1.82, 2.24) is 4.98 Å². The van der Waals surface area contributed by atoms with Crippen LogP contribution in [0.5, 0.6) is 5.75 Å². The van der Waals surface area contributed by atoms with Crippen molar-refractivity contribution in [3.05, 3.63) is 77.1 Å². The first-order valence-corrected chi connectivity index (χ1v) is 9.36. The molecule has 0 fully saturated rings. The number of carbonyl (C=O) groups excluding carboxylic acids is 1. The second-order valence-corrected chi connectivity index (χ2v) is 7.02. The van der Waals surface area contributed by atoms with E-state index in [0.717, 1.165) is 17.0 Å². The molecule has 0 aliphatic carbocycles. The smallest absolute Gasteiger partial charge is 0.257 e. The Morgan fingerprint density at radius 2 is 1.82 bits per heavy atom. The van der Waals surface area contributed by atoms with E-state index < -0.39 is 0 Å². The molecule has 3 aromatic rings. The van der Waals surface area contributed by atoms with Gasteiger partial charge in [0.15, 0.2) is 0 Å². The quantitative estimate of drug-likeness (QED) is 0.551. The Morgan fingerprint density at radius 3 is 2.61 bits per heavy atom. The molecule has 28 heavy (non-hydrogen) atoms. The third-order valence-electron chi connectivity index (χ3n) is 4.05. The third-order valence-corrected chi connectivity index (χ3v) is 4.45. The first-order chi connectivity index (χ1) is 13.4. The molecule has 0 saturated heterocycles. The molecule has 0 aliphatic rings. The number of para-hydroxylation sites is 2. The molecule has 2 N–H and O–H groups in total. The molecule has 0 aliphatic heterocycles. The van der Waals surface area contributed by atoms with Gasteiger partial charge in [0, 0.05) is 16.9 Å². The van der Waals surface area contributed by atoms with Gasteiger partial charge >= 0.3 is 0 Å². The van der Waals surface area contributed by atoms with Crippen LogP contribution in [0.2, 0.25) is 5.02 Å². The Hall–Kier alpha value is -3.05. The Kier molecular flexibility index (Phi) is 6.16. The van der Waals surface area contributed by atoms with Crippen LogP contribution < -0.4 is 15.4 Å². The van der Waals surface area contributed by atoms with Gasteiger partial charge in [-0.05, 0) is 56.7 Å². The maximum absolute atomic E-state index is 12.6. The van der Waals surface area contributed by atoms with Gasteiger partial charge in [0.2, 0.25) is 0 Å². The lowest BCUT2D eigenvalue weighted by Crippen LogP contribution is -2.13. The molecule has 1 aromatic heterocycles. The van der Waals surface area contributed by atoms with E-state index in [1.807, 2.05) is 51.1 Å². The van der Waals surface area contributed by atoms with E-state index in [4.69, 9.17) is 16.3 Å². The maximum Gasteiger partial charge on any atom is 0.257 e. The van der Waals surface area contributed by atoms with Crippen molar-refractivity contribution in [2.75, 3.05) is 10.6 Å². The number of pyridine rings is 1. The third kappa shape index (κ3) is 4.81. The first-order valence-electron chi connectivity index (χ1n) is 8.98. The number of anilines is 3. The van der Waals surface area contributed by atoms with Crippen LogP contribution in [0.3, 0.4) is 0 Å². The molecule has 1 heterocycles. The number of amides is 1. The molecular formula is C22H22ClN3O2. The summed E-state index contributed by atoms with van der Waals surface area (Å²) < 4.78 is 5.82. The number of nitrogens with zero attached hydrogens (tertiary/aromatic N) is 1. The van der Waals surface area contributed by atoms with E-state index in [1.54, 1.807) is 24.4 Å². The number of hydrogen-bond donors (Lipinski definition) is 2. The van der Waals surface area contributed by atoms with E-state index in [-0.39, 0.29) is 12.0 Å². The van der Waals surface area contributed by atoms with E-state index in [2.05, 4.69) is 15.6 Å². The largest absolute Gasteiger partial charge is 0.489 e. The standard InChI is InChI=1S/C22H22ClN3O2/c1-14(2)28-21-10-5-4-8-20(21)25-17-11-16(12-24-13-17)22(27)26-19-9-6-7-18(23)15(19)3/h4-14,25H,1-3H3,(H,26,27). The van der Waals surface area contributed by atoms with Crippen molar-refractivity contribution in [3.63, 3.8) is 0 Å². The van der Waals surface area contributed by atoms with Gasteiger partial charge in [-0.25, -0.2) is 0 Å². The predicted molar refractivity (Wildman–Crippen MR) is 114 cm³/mol. The minimum atomic E-state index is -0.256. The number of nitrogens with one attached hydrogen (secondary N) is 2. The van der Waals surface area contributed by atoms with Gasteiger partial charge in [-0.1, -0.05) is 29.8 Å². The minimum absolute atomic E-state index is 0.0547. The highest BCUT2D eigenvalue weighted by atomic mass is 35.5. The second-order valence-electron chi connectivity index (χ2n) is 6.62. The number of ether oxygens (including phenoxy) is 1. The lowest BCUT2D eigenvalue weighted by atomic mass is 10.2. The zero-order valence-electron chi connectivity index (χ0n) is 16.0. The summed E-state index contributed by atoms with van der Waals surface area (Å²) >= 11 is 6.12. The van der Waals surface area contributed by atoms with Gasteiger partial charge < -0.3 is 15.4 Å². The van der Waals surface area contributed by atoms with Crippen LogP contribution in [-0.2, 0) is 0 Å². The number of rotatable bonds is 6. The lowest BCUT2D eigenvalue weighted by Gasteiger charge is -2.15. The molecule has 3 rings (SSSR count). The summed E-state index contributed by atoms with van der Waals surface area (Å²) in [5.74, 6) is 0.482. The van der Waals surface area contributed by atoms with Crippen molar-refractivity contribution < 1.29 is 9.53 Å². The van der Waals surface area contributed by atoms with Gasteiger partial charge in [0.25, 0.3) is 5.91 Å². The highest BCUT2D eigenvalue weighted by Gasteiger charge is 2.11. The molecule has 0 bridgehead atoms. The molecule has 2 aromatic carbocycles. The SMILES string of the molecule is Cc1c(Cl)cccc1NC(=O)c1cncc(Nc2ccccc2OC(C)C)c1. The fourth-order valence-electron chi connectivity index (χ4n) is 2.65. The first kappa shape index (κ1) is 19.7. The van der Waals surface area contributed by atoms with E-state index >= 15 is 0 Å². The minimum Gasteiger partial charge on any atom is -0.489 e. The van der Waals surface area contributed by atoms with Crippen LogP contribution >= 0.6 is 11.6 Å². The number of halogens is 1. The van der Waals surface area contributed by atoms with Crippen molar-refractivity contribution in [3.8, 4) is 5.75 Å². The summed E-state index contributed by atoms with van der Waals surface area (Å²) in [6.07, 6.45) is 3.24. The normalized spacial score (nSPS) is 10.6. The van der Waals surface area contributed by atoms with Gasteiger partial charge in [0.05, 0.1) is 29.2 Å². The topological polar surface area (TPSA) is 63.2 Å². The second kappa shape index (κ2) is 8.76. The molecular weight excluding hydrogens is 374 g/mol. The molecule has 0 radical (unpaired) electrons. The Bertz CT molecular complexity index is 989. The Balaban J connectivity index is 1.79. The van der Waals surface area contributed by atoms with E-state index in [9.17, 15) is 4.79 Å². The van der Waals surface area contributed by atoms with Crippen molar-refractivity contribution in [2.24, 2.45) is 0 Å². The predicted octanol–water partition coefficient (Wildman–Crippen LogP) is 5.83. The molecule has 5 nitrogen and oxygen atoms in total. The summed E-state index contributed by atoms with van der Waals surface area (Å²) in [6, 6.07) is 14.8. The molecule has 0 spiro atoms. The zero-order chi connectivity index (χ0) is 20.1. The van der Waals surface area contributed by atoms with Crippen molar-refractivity contribution >= 4 is 34.6 Å². The van der Waals surface area contributed by atoms with Gasteiger partial charge in [-0.15, -0.1) is 0 Å². The fourth-order valence-corrected chi connectivity index (χ4v) is 2.83. The van der Waals surface area contributed by atoms with Gasteiger partial charge in [0.1, 0.15) is 5.75 Å². The average molecular weight is 396 g/mol. The summed E-state index contributed by atoms with van der Waals surface area (Å²) in [5, 5.41) is 6.75. The zero-order valence-corrected chi connectivity index (χ0v) is 16.7. The van der Waals surface area contributed by atoms with Crippen molar-refractivity contribution in [1.29, 1.82) is 0 Å². The summed E-state index contributed by atoms with van der Waals surface area (Å²) in [7, 11) is 0. The number of aromatic nitrogens is 1. The molecule has 6 heteroatoms. The van der Waals surface area contributed by atoms with Crippen LogP contribution in [0.15, 0.2) is 60.9 Å². The molecule has 144 valence electrons. The fraction of sp³-hybridized carbons (Fsp3) is 0.182. The van der Waals surface area contributed by atoms with E-state index in [1.165, 1.54) is 6.20 Å². The summed E-state index contributed by atoms with van der Waals surface area (Å²) in [6.45, 7) is 5.81. The van der Waals surface area contributed by atoms with Crippen LogP contribution in [-0.4, -0.2) is 17.0 Å². The molecule has 0 saturated carbocycles. The molecule has 0 unspecified atom stereocenters. The summed E-state index contributed by atoms with van der Waals surface area (Å²) in [4.78, 5) is 16.8. The van der Waals surface area contributed by atoms with Crippen LogP contribution in [0, 0.1) is 6.92 Å². The Morgan fingerprint density at radius 1 is 1.07 bits per heavy atom. The number of hydrogen-bond acceptors (Lipinski definition) is 4. The molecule has 0 atom stereocenters. The maximum atomic E-state index is 12.6.